The molecule has 1 aromatic heterocycles. The summed E-state index contributed by atoms with van der Waals surface area (Å²) in [6.07, 6.45) is 3.20. The molecule has 1 spiro atoms. The molecule has 4 nitrogen and oxygen atoms in total. The molecule has 1 aliphatic carbocycles. The summed E-state index contributed by atoms with van der Waals surface area (Å²) in [5, 5.41) is 0. The molecule has 3 heterocycles. The van der Waals surface area contributed by atoms with Crippen molar-refractivity contribution in [3.05, 3.63) is 24.2 Å². The molecule has 0 aromatic carbocycles. The number of piperidine rings is 1. The molecule has 4 rings (SSSR count). The third-order valence-electron chi connectivity index (χ3n) is 5.98. The van der Waals surface area contributed by atoms with E-state index >= 15 is 0 Å². The lowest BCUT2D eigenvalue weighted by atomic mass is 9.77. The number of alkyl halides is 1. The van der Waals surface area contributed by atoms with Crippen LogP contribution in [0.2, 0.25) is 0 Å². The Morgan fingerprint density at radius 3 is 2.96 bits per heavy atom. The number of carbonyl (C=O) groups excluding carboxylic acids is 1. The molecule has 1 saturated carbocycles. The Bertz CT molecular complexity index is 576. The van der Waals surface area contributed by atoms with Crippen molar-refractivity contribution in [1.29, 1.82) is 0 Å². The number of halogens is 1. The number of amides is 1. The number of nitrogens with zero attached hydrogens (tertiary/aromatic N) is 2. The second-order valence-corrected chi connectivity index (χ2v) is 7.74. The van der Waals surface area contributed by atoms with Crippen molar-refractivity contribution in [3.8, 4) is 0 Å². The lowest BCUT2D eigenvalue weighted by Gasteiger charge is -2.43. The fraction of sp³-hybridized carbons (Fsp3) is 0.722. The Morgan fingerprint density at radius 2 is 2.26 bits per heavy atom. The fourth-order valence-corrected chi connectivity index (χ4v) is 4.35. The summed E-state index contributed by atoms with van der Waals surface area (Å²) < 4.78 is 20.1. The maximum Gasteiger partial charge on any atom is 0.225 e. The first-order valence-corrected chi connectivity index (χ1v) is 8.75. The van der Waals surface area contributed by atoms with E-state index < -0.39 is 6.17 Å². The summed E-state index contributed by atoms with van der Waals surface area (Å²) in [6, 6.07) is 3.85. The molecule has 23 heavy (non-hydrogen) atoms. The molecular weight excluding hydrogens is 295 g/mol. The largest absolute Gasteiger partial charge is 0.468 e. The highest BCUT2D eigenvalue weighted by atomic mass is 19.1. The number of hydrogen-bond donors (Lipinski definition) is 0. The average Bonchev–Trinajstić information content (AvgIpc) is 2.92. The van der Waals surface area contributed by atoms with E-state index in [-0.39, 0.29) is 17.2 Å². The summed E-state index contributed by atoms with van der Waals surface area (Å²) in [5.74, 6) is 1.89. The van der Waals surface area contributed by atoms with Crippen molar-refractivity contribution in [1.82, 2.24) is 9.80 Å². The van der Waals surface area contributed by atoms with Gasteiger partial charge in [-0.1, -0.05) is 6.92 Å². The quantitative estimate of drug-likeness (QED) is 0.859. The van der Waals surface area contributed by atoms with Gasteiger partial charge in [0.2, 0.25) is 5.91 Å². The minimum atomic E-state index is -0.801. The van der Waals surface area contributed by atoms with E-state index in [1.54, 1.807) is 6.26 Å². The minimum absolute atomic E-state index is 0.198. The normalized spacial score (nSPS) is 37.5. The first kappa shape index (κ1) is 15.2. The van der Waals surface area contributed by atoms with Gasteiger partial charge in [0.1, 0.15) is 11.9 Å². The molecule has 2 aliphatic heterocycles. The van der Waals surface area contributed by atoms with Gasteiger partial charge in [0.05, 0.1) is 12.8 Å². The Kier molecular flexibility index (Phi) is 3.71. The van der Waals surface area contributed by atoms with Gasteiger partial charge in [-0.2, -0.15) is 0 Å². The smallest absolute Gasteiger partial charge is 0.225 e. The van der Waals surface area contributed by atoms with Crippen LogP contribution in [-0.4, -0.2) is 48.1 Å². The van der Waals surface area contributed by atoms with E-state index in [9.17, 15) is 9.18 Å². The Hall–Kier alpha value is -1.36. The number of carbonyl (C=O) groups is 1. The van der Waals surface area contributed by atoms with Gasteiger partial charge in [0.25, 0.3) is 0 Å². The predicted octanol–water partition coefficient (Wildman–Crippen LogP) is 2.70. The fourth-order valence-electron chi connectivity index (χ4n) is 4.35. The summed E-state index contributed by atoms with van der Waals surface area (Å²) in [7, 11) is 0. The van der Waals surface area contributed by atoms with Crippen molar-refractivity contribution in [3.63, 3.8) is 0 Å². The van der Waals surface area contributed by atoms with Crippen LogP contribution in [0, 0.1) is 17.3 Å². The van der Waals surface area contributed by atoms with Gasteiger partial charge >= 0.3 is 0 Å². The van der Waals surface area contributed by atoms with Gasteiger partial charge in [0.15, 0.2) is 0 Å². The van der Waals surface area contributed by atoms with Crippen molar-refractivity contribution >= 4 is 5.91 Å². The van der Waals surface area contributed by atoms with Crippen LogP contribution in [0.1, 0.15) is 31.9 Å². The maximum absolute atomic E-state index is 14.7. The van der Waals surface area contributed by atoms with Gasteiger partial charge in [-0.15, -0.1) is 0 Å². The van der Waals surface area contributed by atoms with Gasteiger partial charge in [-0.3, -0.25) is 9.69 Å². The lowest BCUT2D eigenvalue weighted by Crippen LogP contribution is -2.53. The predicted molar refractivity (Wildman–Crippen MR) is 84.4 cm³/mol. The highest BCUT2D eigenvalue weighted by Crippen LogP contribution is 2.44. The molecule has 0 radical (unpaired) electrons. The zero-order chi connectivity index (χ0) is 16.0. The maximum atomic E-state index is 14.7. The van der Waals surface area contributed by atoms with E-state index in [0.717, 1.165) is 38.2 Å². The van der Waals surface area contributed by atoms with E-state index in [2.05, 4.69) is 11.8 Å². The number of furan rings is 1. The van der Waals surface area contributed by atoms with Crippen molar-refractivity contribution in [2.75, 3.05) is 26.2 Å². The van der Waals surface area contributed by atoms with Crippen LogP contribution in [0.5, 0.6) is 0 Å². The summed E-state index contributed by atoms with van der Waals surface area (Å²) in [5.41, 5.74) is -0.376. The first-order valence-electron chi connectivity index (χ1n) is 8.75. The van der Waals surface area contributed by atoms with Gasteiger partial charge in [0, 0.05) is 31.0 Å². The molecule has 126 valence electrons. The molecule has 2 saturated heterocycles. The van der Waals surface area contributed by atoms with E-state index in [1.807, 2.05) is 17.0 Å². The molecular formula is C18H25FN2O2. The van der Waals surface area contributed by atoms with Crippen LogP contribution in [0.25, 0.3) is 0 Å². The van der Waals surface area contributed by atoms with Crippen LogP contribution < -0.4 is 0 Å². The average molecular weight is 320 g/mol. The lowest BCUT2D eigenvalue weighted by molar-refractivity contribution is -0.138. The van der Waals surface area contributed by atoms with Gasteiger partial charge < -0.3 is 9.32 Å². The van der Waals surface area contributed by atoms with Crippen LogP contribution in [-0.2, 0) is 11.3 Å². The molecule has 0 bridgehead atoms. The number of rotatable bonds is 3. The summed E-state index contributed by atoms with van der Waals surface area (Å²) >= 11 is 0. The topological polar surface area (TPSA) is 36.7 Å². The standard InChI is InChI=1S/C18H25FN2O2/c1-13-9-15(13)17(22)21-6-4-16(19)18(12-21)5-7-20(11-18)10-14-3-2-8-23-14/h2-3,8,13,15-16H,4-7,9-12H2,1H3/t13-,15+,16-,18-/m1/s1. The summed E-state index contributed by atoms with van der Waals surface area (Å²) in [4.78, 5) is 16.7. The molecule has 3 aliphatic rings. The minimum Gasteiger partial charge on any atom is -0.468 e. The molecule has 0 unspecified atom stereocenters. The molecule has 1 amide bonds. The highest BCUT2D eigenvalue weighted by molar-refractivity contribution is 5.81. The Labute approximate surface area is 136 Å². The molecule has 4 atom stereocenters. The van der Waals surface area contributed by atoms with Crippen molar-refractivity contribution in [2.45, 2.75) is 38.9 Å². The van der Waals surface area contributed by atoms with E-state index in [4.69, 9.17) is 4.42 Å². The molecule has 0 N–H and O–H groups in total. The van der Waals surface area contributed by atoms with Crippen LogP contribution in [0.3, 0.4) is 0 Å². The van der Waals surface area contributed by atoms with E-state index in [1.165, 1.54) is 0 Å². The van der Waals surface area contributed by atoms with Gasteiger partial charge in [-0.05, 0) is 43.9 Å². The van der Waals surface area contributed by atoms with Crippen LogP contribution in [0.4, 0.5) is 4.39 Å². The SMILES string of the molecule is C[C@@H]1C[C@@H]1C(=O)N1CC[C@@H](F)[C@@]2(CCN(Cc3ccco3)C2)C1. The zero-order valence-corrected chi connectivity index (χ0v) is 13.7. The second kappa shape index (κ2) is 5.62. The molecule has 1 aromatic rings. The number of hydrogen-bond acceptors (Lipinski definition) is 3. The molecule has 3 fully saturated rings. The third-order valence-corrected chi connectivity index (χ3v) is 5.98. The first-order chi connectivity index (χ1) is 11.1. The van der Waals surface area contributed by atoms with Crippen molar-refractivity contribution < 1.29 is 13.6 Å². The highest BCUT2D eigenvalue weighted by Gasteiger charge is 2.51. The Morgan fingerprint density at radius 1 is 1.43 bits per heavy atom. The van der Waals surface area contributed by atoms with E-state index in [0.29, 0.717) is 25.4 Å². The Balaban J connectivity index is 1.42. The number of likely N-dealkylation sites (tertiary alicyclic amines) is 2. The van der Waals surface area contributed by atoms with Gasteiger partial charge in [-0.25, -0.2) is 4.39 Å². The monoisotopic (exact) mass is 320 g/mol. The van der Waals surface area contributed by atoms with Crippen LogP contribution >= 0.6 is 0 Å². The van der Waals surface area contributed by atoms with Crippen molar-refractivity contribution in [2.24, 2.45) is 17.3 Å². The van der Waals surface area contributed by atoms with Crippen LogP contribution in [0.15, 0.2) is 22.8 Å². The third kappa shape index (κ3) is 2.80. The zero-order valence-electron chi connectivity index (χ0n) is 13.7. The second-order valence-electron chi connectivity index (χ2n) is 7.74. The summed E-state index contributed by atoms with van der Waals surface area (Å²) in [6.45, 7) is 5.63. The molecule has 5 heteroatoms.